The number of halogens is 1. The fraction of sp³-hybridized carbons (Fsp3) is 0.471. The molecule has 7 heteroatoms. The molecule has 1 fully saturated rings. The van der Waals surface area contributed by atoms with Crippen molar-refractivity contribution in [2.24, 2.45) is 0 Å². The molecule has 0 radical (unpaired) electrons. The van der Waals surface area contributed by atoms with E-state index in [2.05, 4.69) is 42.9 Å². The number of amides is 1. The zero-order chi connectivity index (χ0) is 16.9. The summed E-state index contributed by atoms with van der Waals surface area (Å²) in [6.07, 6.45) is 4.65. The summed E-state index contributed by atoms with van der Waals surface area (Å²) in [7, 11) is 0. The Kier molecular flexibility index (Phi) is 5.94. The molecule has 2 aromatic rings. The number of carbonyl (C=O) groups is 1. The summed E-state index contributed by atoms with van der Waals surface area (Å²) in [5, 5.41) is 12.5. The Labute approximate surface area is 154 Å². The molecule has 1 aromatic carbocycles. The third kappa shape index (κ3) is 4.19. The molecule has 0 aliphatic heterocycles. The molecule has 1 heterocycles. The van der Waals surface area contributed by atoms with Gasteiger partial charge >= 0.3 is 0 Å². The Morgan fingerprint density at radius 3 is 2.67 bits per heavy atom. The number of nitrogens with zero attached hydrogens (tertiary/aromatic N) is 3. The molecule has 24 heavy (non-hydrogen) atoms. The monoisotopic (exact) mass is 408 g/mol. The molecule has 1 aromatic heterocycles. The quantitative estimate of drug-likeness (QED) is 0.736. The van der Waals surface area contributed by atoms with E-state index in [1.165, 1.54) is 24.6 Å². The van der Waals surface area contributed by atoms with Crippen LogP contribution in [0.25, 0.3) is 11.4 Å². The molecule has 1 saturated carbocycles. The molecular weight excluding hydrogens is 388 g/mol. The van der Waals surface area contributed by atoms with Crippen molar-refractivity contribution >= 4 is 33.6 Å². The maximum atomic E-state index is 12.1. The van der Waals surface area contributed by atoms with Crippen LogP contribution in [0.5, 0.6) is 0 Å². The Bertz CT molecular complexity index is 695. The first-order valence-electron chi connectivity index (χ1n) is 8.28. The van der Waals surface area contributed by atoms with Crippen LogP contribution in [-0.4, -0.2) is 32.5 Å². The summed E-state index contributed by atoms with van der Waals surface area (Å²) >= 11 is 4.89. The van der Waals surface area contributed by atoms with Crippen LogP contribution in [0.4, 0.5) is 0 Å². The molecule has 0 unspecified atom stereocenters. The SMILES string of the molecule is CCn1c(SCC(=O)NC2CCCC2)nnc1-c1ccc(Br)cc1. The van der Waals surface area contributed by atoms with Crippen molar-refractivity contribution < 1.29 is 4.79 Å². The van der Waals surface area contributed by atoms with E-state index < -0.39 is 0 Å². The number of nitrogens with one attached hydrogen (secondary N) is 1. The normalized spacial score (nSPS) is 14.9. The second-order valence-corrected chi connectivity index (χ2v) is 7.75. The summed E-state index contributed by atoms with van der Waals surface area (Å²) < 4.78 is 3.09. The van der Waals surface area contributed by atoms with Crippen LogP contribution in [0.15, 0.2) is 33.9 Å². The lowest BCUT2D eigenvalue weighted by molar-refractivity contribution is -0.119. The first kappa shape index (κ1) is 17.5. The number of hydrogen-bond acceptors (Lipinski definition) is 4. The highest BCUT2D eigenvalue weighted by Gasteiger charge is 2.18. The maximum Gasteiger partial charge on any atom is 0.230 e. The molecule has 128 valence electrons. The minimum atomic E-state index is 0.0859. The smallest absolute Gasteiger partial charge is 0.230 e. The van der Waals surface area contributed by atoms with Crippen LogP contribution in [0, 0.1) is 0 Å². The zero-order valence-electron chi connectivity index (χ0n) is 13.7. The Morgan fingerprint density at radius 1 is 1.29 bits per heavy atom. The molecule has 0 bridgehead atoms. The lowest BCUT2D eigenvalue weighted by atomic mass is 10.2. The summed E-state index contributed by atoms with van der Waals surface area (Å²) in [5.41, 5.74) is 1.02. The van der Waals surface area contributed by atoms with Crippen LogP contribution < -0.4 is 5.32 Å². The molecule has 1 aliphatic carbocycles. The van der Waals surface area contributed by atoms with Gasteiger partial charge in [0.15, 0.2) is 11.0 Å². The fourth-order valence-corrected chi connectivity index (χ4v) is 4.04. The van der Waals surface area contributed by atoms with Crippen LogP contribution in [-0.2, 0) is 11.3 Å². The summed E-state index contributed by atoms with van der Waals surface area (Å²) in [4.78, 5) is 12.1. The van der Waals surface area contributed by atoms with Gasteiger partial charge < -0.3 is 9.88 Å². The standard InChI is InChI=1S/C17H21BrN4OS/c1-2-22-16(12-7-9-13(18)10-8-12)20-21-17(22)24-11-15(23)19-14-5-3-4-6-14/h7-10,14H,2-6,11H2,1H3,(H,19,23). The minimum absolute atomic E-state index is 0.0859. The number of thioether (sulfide) groups is 1. The van der Waals surface area contributed by atoms with Gasteiger partial charge in [0.1, 0.15) is 0 Å². The number of hydrogen-bond donors (Lipinski definition) is 1. The highest BCUT2D eigenvalue weighted by molar-refractivity contribution is 9.10. The lowest BCUT2D eigenvalue weighted by Gasteiger charge is -2.11. The van der Waals surface area contributed by atoms with Gasteiger partial charge in [-0.25, -0.2) is 0 Å². The van der Waals surface area contributed by atoms with Gasteiger partial charge in [-0.3, -0.25) is 4.79 Å². The Balaban J connectivity index is 1.65. The van der Waals surface area contributed by atoms with Crippen molar-refractivity contribution in [3.05, 3.63) is 28.7 Å². The van der Waals surface area contributed by atoms with Crippen molar-refractivity contribution in [3.63, 3.8) is 0 Å². The predicted molar refractivity (Wildman–Crippen MR) is 100.0 cm³/mol. The molecule has 3 rings (SSSR count). The molecule has 1 aliphatic rings. The third-order valence-electron chi connectivity index (χ3n) is 4.19. The van der Waals surface area contributed by atoms with E-state index in [1.807, 2.05) is 24.3 Å². The number of rotatable bonds is 6. The minimum Gasteiger partial charge on any atom is -0.353 e. The van der Waals surface area contributed by atoms with Gasteiger partial charge in [-0.05, 0) is 31.9 Å². The molecule has 1 amide bonds. The molecule has 1 N–H and O–H groups in total. The number of aromatic nitrogens is 3. The maximum absolute atomic E-state index is 12.1. The summed E-state index contributed by atoms with van der Waals surface area (Å²) in [6, 6.07) is 8.38. The lowest BCUT2D eigenvalue weighted by Crippen LogP contribution is -2.33. The number of carbonyl (C=O) groups excluding carboxylic acids is 1. The highest BCUT2D eigenvalue weighted by atomic mass is 79.9. The van der Waals surface area contributed by atoms with E-state index in [0.29, 0.717) is 11.8 Å². The van der Waals surface area contributed by atoms with Crippen LogP contribution >= 0.6 is 27.7 Å². The van der Waals surface area contributed by atoms with E-state index in [-0.39, 0.29) is 5.91 Å². The Morgan fingerprint density at radius 2 is 2.00 bits per heavy atom. The zero-order valence-corrected chi connectivity index (χ0v) is 16.1. The van der Waals surface area contributed by atoms with E-state index in [0.717, 1.165) is 40.4 Å². The molecule has 0 saturated heterocycles. The summed E-state index contributed by atoms with van der Waals surface area (Å²) in [6.45, 7) is 2.83. The average molecular weight is 409 g/mol. The first-order chi connectivity index (χ1) is 11.7. The van der Waals surface area contributed by atoms with Crippen molar-refractivity contribution in [1.29, 1.82) is 0 Å². The molecule has 5 nitrogen and oxygen atoms in total. The molecule has 0 spiro atoms. The topological polar surface area (TPSA) is 59.8 Å². The van der Waals surface area contributed by atoms with Gasteiger partial charge in [0, 0.05) is 22.6 Å². The molecular formula is C17H21BrN4OS. The Hall–Kier alpha value is -1.34. The van der Waals surface area contributed by atoms with Gasteiger partial charge in [-0.1, -0.05) is 52.7 Å². The fourth-order valence-electron chi connectivity index (χ4n) is 2.96. The van der Waals surface area contributed by atoms with Crippen molar-refractivity contribution in [1.82, 2.24) is 20.1 Å². The highest BCUT2D eigenvalue weighted by Crippen LogP contribution is 2.25. The van der Waals surface area contributed by atoms with Crippen LogP contribution in [0.1, 0.15) is 32.6 Å². The van der Waals surface area contributed by atoms with Gasteiger partial charge in [0.05, 0.1) is 5.75 Å². The van der Waals surface area contributed by atoms with E-state index in [4.69, 9.17) is 0 Å². The third-order valence-corrected chi connectivity index (χ3v) is 5.68. The second-order valence-electron chi connectivity index (χ2n) is 5.89. The largest absolute Gasteiger partial charge is 0.353 e. The van der Waals surface area contributed by atoms with E-state index >= 15 is 0 Å². The first-order valence-corrected chi connectivity index (χ1v) is 10.1. The molecule has 0 atom stereocenters. The van der Waals surface area contributed by atoms with Gasteiger partial charge in [-0.15, -0.1) is 10.2 Å². The van der Waals surface area contributed by atoms with Gasteiger partial charge in [0.25, 0.3) is 0 Å². The van der Waals surface area contributed by atoms with Crippen molar-refractivity contribution in [3.8, 4) is 11.4 Å². The van der Waals surface area contributed by atoms with E-state index in [1.54, 1.807) is 0 Å². The second kappa shape index (κ2) is 8.16. The number of benzene rings is 1. The van der Waals surface area contributed by atoms with Crippen LogP contribution in [0.2, 0.25) is 0 Å². The van der Waals surface area contributed by atoms with Gasteiger partial charge in [0.2, 0.25) is 5.91 Å². The predicted octanol–water partition coefficient (Wildman–Crippen LogP) is 3.88. The van der Waals surface area contributed by atoms with Gasteiger partial charge in [-0.2, -0.15) is 0 Å². The van der Waals surface area contributed by atoms with Crippen molar-refractivity contribution in [2.75, 3.05) is 5.75 Å². The van der Waals surface area contributed by atoms with Crippen molar-refractivity contribution in [2.45, 2.75) is 50.4 Å². The summed E-state index contributed by atoms with van der Waals surface area (Å²) in [5.74, 6) is 1.31. The average Bonchev–Trinajstić information content (AvgIpc) is 3.22. The van der Waals surface area contributed by atoms with Crippen LogP contribution in [0.3, 0.4) is 0 Å². The van der Waals surface area contributed by atoms with E-state index in [9.17, 15) is 4.79 Å².